The SMILES string of the molecule is Cc1ccnc(NC(=O)c2ccc3nc(C)ccc3c2)n1. The number of carbonyl (C=O) groups excluding carboxylic acids is 1. The number of fused-ring (bicyclic) bond motifs is 1. The third kappa shape index (κ3) is 2.86. The highest BCUT2D eigenvalue weighted by molar-refractivity contribution is 6.05. The van der Waals surface area contributed by atoms with E-state index in [9.17, 15) is 4.79 Å². The fourth-order valence-corrected chi connectivity index (χ4v) is 2.05. The molecule has 0 aliphatic carbocycles. The molecular formula is C16H14N4O. The first kappa shape index (κ1) is 13.2. The van der Waals surface area contributed by atoms with Crippen molar-refractivity contribution < 1.29 is 4.79 Å². The Kier molecular flexibility index (Phi) is 3.31. The molecule has 0 atom stereocenters. The predicted octanol–water partition coefficient (Wildman–Crippen LogP) is 2.89. The lowest BCUT2D eigenvalue weighted by Gasteiger charge is -2.05. The van der Waals surface area contributed by atoms with E-state index in [0.717, 1.165) is 22.3 Å². The molecule has 3 aromatic rings. The summed E-state index contributed by atoms with van der Waals surface area (Å²) < 4.78 is 0. The van der Waals surface area contributed by atoms with Gasteiger partial charge in [-0.05, 0) is 44.2 Å². The molecule has 0 bridgehead atoms. The smallest absolute Gasteiger partial charge is 0.258 e. The first-order valence-corrected chi connectivity index (χ1v) is 6.60. The number of nitrogens with one attached hydrogen (secondary N) is 1. The normalized spacial score (nSPS) is 10.6. The van der Waals surface area contributed by atoms with Crippen LogP contribution in [0.25, 0.3) is 10.9 Å². The van der Waals surface area contributed by atoms with Crippen LogP contribution in [0.4, 0.5) is 5.95 Å². The molecule has 21 heavy (non-hydrogen) atoms. The molecule has 0 spiro atoms. The molecule has 5 nitrogen and oxygen atoms in total. The third-order valence-electron chi connectivity index (χ3n) is 3.11. The van der Waals surface area contributed by atoms with E-state index >= 15 is 0 Å². The molecule has 0 fully saturated rings. The topological polar surface area (TPSA) is 67.8 Å². The number of pyridine rings is 1. The molecule has 0 unspecified atom stereocenters. The van der Waals surface area contributed by atoms with E-state index in [0.29, 0.717) is 11.5 Å². The van der Waals surface area contributed by atoms with Crippen molar-refractivity contribution in [1.82, 2.24) is 15.0 Å². The van der Waals surface area contributed by atoms with Gasteiger partial charge in [-0.15, -0.1) is 0 Å². The maximum atomic E-state index is 12.2. The van der Waals surface area contributed by atoms with Gasteiger partial charge in [-0.25, -0.2) is 9.97 Å². The molecule has 5 heteroatoms. The number of anilines is 1. The number of benzene rings is 1. The number of aromatic nitrogens is 3. The van der Waals surface area contributed by atoms with Gasteiger partial charge in [0.25, 0.3) is 5.91 Å². The Hall–Kier alpha value is -2.82. The largest absolute Gasteiger partial charge is 0.290 e. The zero-order chi connectivity index (χ0) is 14.8. The average molecular weight is 278 g/mol. The second-order valence-electron chi connectivity index (χ2n) is 4.84. The van der Waals surface area contributed by atoms with Crippen LogP contribution in [-0.4, -0.2) is 20.9 Å². The molecule has 2 aromatic heterocycles. The maximum absolute atomic E-state index is 12.2. The van der Waals surface area contributed by atoms with Crippen molar-refractivity contribution in [1.29, 1.82) is 0 Å². The van der Waals surface area contributed by atoms with Crippen LogP contribution >= 0.6 is 0 Å². The fourth-order valence-electron chi connectivity index (χ4n) is 2.05. The molecule has 1 aromatic carbocycles. The summed E-state index contributed by atoms with van der Waals surface area (Å²) in [4.78, 5) is 24.8. The second kappa shape index (κ2) is 5.28. The van der Waals surface area contributed by atoms with Crippen molar-refractivity contribution in [3.8, 4) is 0 Å². The van der Waals surface area contributed by atoms with Crippen LogP contribution in [0.2, 0.25) is 0 Å². The van der Waals surface area contributed by atoms with E-state index < -0.39 is 0 Å². The first-order valence-electron chi connectivity index (χ1n) is 6.60. The number of hydrogen-bond donors (Lipinski definition) is 1. The van der Waals surface area contributed by atoms with Gasteiger partial charge in [0.2, 0.25) is 5.95 Å². The quantitative estimate of drug-likeness (QED) is 0.782. The lowest BCUT2D eigenvalue weighted by Crippen LogP contribution is -2.14. The van der Waals surface area contributed by atoms with E-state index in [4.69, 9.17) is 0 Å². The monoisotopic (exact) mass is 278 g/mol. The molecule has 0 aliphatic heterocycles. The standard InChI is InChI=1S/C16H14N4O/c1-10-3-4-12-9-13(5-6-14(12)18-10)15(21)20-16-17-8-7-11(2)19-16/h3-9H,1-2H3,(H,17,19,20,21). The molecule has 104 valence electrons. The van der Waals surface area contributed by atoms with Crippen molar-refractivity contribution in [2.24, 2.45) is 0 Å². The van der Waals surface area contributed by atoms with E-state index in [1.54, 1.807) is 18.3 Å². The van der Waals surface area contributed by atoms with Gasteiger partial charge in [-0.3, -0.25) is 15.1 Å². The number of hydrogen-bond acceptors (Lipinski definition) is 4. The first-order chi connectivity index (χ1) is 10.1. The van der Waals surface area contributed by atoms with Crippen LogP contribution in [0.15, 0.2) is 42.6 Å². The minimum atomic E-state index is -0.233. The van der Waals surface area contributed by atoms with Gasteiger partial charge in [0.1, 0.15) is 0 Å². The summed E-state index contributed by atoms with van der Waals surface area (Å²) in [5.41, 5.74) is 3.18. The van der Waals surface area contributed by atoms with Crippen molar-refractivity contribution in [2.75, 3.05) is 5.32 Å². The van der Waals surface area contributed by atoms with Gasteiger partial charge < -0.3 is 0 Å². The average Bonchev–Trinajstić information content (AvgIpc) is 2.46. The fraction of sp³-hybridized carbons (Fsp3) is 0.125. The number of nitrogens with zero attached hydrogens (tertiary/aromatic N) is 3. The van der Waals surface area contributed by atoms with Crippen LogP contribution in [0, 0.1) is 13.8 Å². The summed E-state index contributed by atoms with van der Waals surface area (Å²) in [6, 6.07) is 11.1. The molecule has 0 saturated carbocycles. The van der Waals surface area contributed by atoms with E-state index in [2.05, 4.69) is 20.3 Å². The van der Waals surface area contributed by atoms with E-state index in [1.165, 1.54) is 0 Å². The number of rotatable bonds is 2. The molecule has 3 rings (SSSR count). The van der Waals surface area contributed by atoms with Crippen LogP contribution in [0.3, 0.4) is 0 Å². The van der Waals surface area contributed by atoms with Gasteiger partial charge in [0.15, 0.2) is 0 Å². The van der Waals surface area contributed by atoms with E-state index in [1.807, 2.05) is 38.1 Å². The van der Waals surface area contributed by atoms with E-state index in [-0.39, 0.29) is 5.91 Å². The Balaban J connectivity index is 1.89. The zero-order valence-electron chi connectivity index (χ0n) is 11.8. The molecule has 0 saturated heterocycles. The Morgan fingerprint density at radius 2 is 1.81 bits per heavy atom. The Morgan fingerprint density at radius 3 is 2.62 bits per heavy atom. The van der Waals surface area contributed by atoms with Crippen molar-refractivity contribution in [3.05, 3.63) is 59.5 Å². The maximum Gasteiger partial charge on any atom is 0.258 e. The summed E-state index contributed by atoms with van der Waals surface area (Å²) in [5, 5.41) is 3.62. The summed E-state index contributed by atoms with van der Waals surface area (Å²) in [7, 11) is 0. The lowest BCUT2D eigenvalue weighted by atomic mass is 10.1. The minimum Gasteiger partial charge on any atom is -0.290 e. The Bertz CT molecular complexity index is 829. The van der Waals surface area contributed by atoms with Gasteiger partial charge >= 0.3 is 0 Å². The molecule has 0 aliphatic rings. The Morgan fingerprint density at radius 1 is 1.00 bits per heavy atom. The molecular weight excluding hydrogens is 264 g/mol. The lowest BCUT2D eigenvalue weighted by molar-refractivity contribution is 0.102. The summed E-state index contributed by atoms with van der Waals surface area (Å²) in [6.45, 7) is 3.79. The summed E-state index contributed by atoms with van der Waals surface area (Å²) in [6.07, 6.45) is 1.62. The van der Waals surface area contributed by atoms with Gasteiger partial charge in [0.05, 0.1) is 5.52 Å². The molecule has 1 N–H and O–H groups in total. The van der Waals surface area contributed by atoms with Crippen LogP contribution < -0.4 is 5.32 Å². The third-order valence-corrected chi connectivity index (χ3v) is 3.11. The highest BCUT2D eigenvalue weighted by atomic mass is 16.1. The highest BCUT2D eigenvalue weighted by Gasteiger charge is 2.09. The minimum absolute atomic E-state index is 0.233. The summed E-state index contributed by atoms with van der Waals surface area (Å²) >= 11 is 0. The van der Waals surface area contributed by atoms with Gasteiger partial charge in [-0.2, -0.15) is 0 Å². The molecule has 2 heterocycles. The second-order valence-corrected chi connectivity index (χ2v) is 4.84. The van der Waals surface area contributed by atoms with Gasteiger partial charge in [-0.1, -0.05) is 6.07 Å². The van der Waals surface area contributed by atoms with Crippen molar-refractivity contribution >= 4 is 22.8 Å². The predicted molar refractivity (Wildman–Crippen MR) is 81.2 cm³/mol. The van der Waals surface area contributed by atoms with Crippen LogP contribution in [0.5, 0.6) is 0 Å². The number of amides is 1. The summed E-state index contributed by atoms with van der Waals surface area (Å²) in [5.74, 6) is 0.0743. The molecule has 1 amide bonds. The van der Waals surface area contributed by atoms with Crippen molar-refractivity contribution in [3.63, 3.8) is 0 Å². The van der Waals surface area contributed by atoms with Crippen LogP contribution in [0.1, 0.15) is 21.7 Å². The van der Waals surface area contributed by atoms with Crippen LogP contribution in [-0.2, 0) is 0 Å². The highest BCUT2D eigenvalue weighted by Crippen LogP contribution is 2.15. The zero-order valence-corrected chi connectivity index (χ0v) is 11.8. The van der Waals surface area contributed by atoms with Crippen molar-refractivity contribution in [2.45, 2.75) is 13.8 Å². The molecule has 0 radical (unpaired) electrons. The van der Waals surface area contributed by atoms with Gasteiger partial charge in [0, 0.05) is 28.5 Å². The number of carbonyl (C=O) groups is 1. The Labute approximate surface area is 122 Å². The number of aryl methyl sites for hydroxylation is 2.